The number of para-hydroxylation sites is 1. The van der Waals surface area contributed by atoms with Gasteiger partial charge in [0, 0.05) is 12.2 Å². The van der Waals surface area contributed by atoms with E-state index in [9.17, 15) is 14.7 Å². The second kappa shape index (κ2) is 8.33. The minimum atomic E-state index is -1.10. The van der Waals surface area contributed by atoms with Crippen LogP contribution in [-0.2, 0) is 4.74 Å². The van der Waals surface area contributed by atoms with Gasteiger partial charge in [0.25, 0.3) is 5.91 Å². The summed E-state index contributed by atoms with van der Waals surface area (Å²) in [6, 6.07) is 11.2. The fraction of sp³-hybridized carbons (Fsp3) is 0.263. The van der Waals surface area contributed by atoms with Gasteiger partial charge in [-0.3, -0.25) is 4.79 Å². The summed E-state index contributed by atoms with van der Waals surface area (Å²) in [7, 11) is 0. The summed E-state index contributed by atoms with van der Waals surface area (Å²) in [4.78, 5) is 23.7. The van der Waals surface area contributed by atoms with Gasteiger partial charge in [0.05, 0.1) is 21.8 Å². The summed E-state index contributed by atoms with van der Waals surface area (Å²) in [5.41, 5.74) is 0.679. The van der Waals surface area contributed by atoms with E-state index in [1.165, 1.54) is 6.07 Å². The van der Waals surface area contributed by atoms with Crippen LogP contribution in [0.3, 0.4) is 0 Å². The summed E-state index contributed by atoms with van der Waals surface area (Å²) < 4.78 is 11.9. The lowest BCUT2D eigenvalue weighted by Crippen LogP contribution is -2.17. The summed E-state index contributed by atoms with van der Waals surface area (Å²) in [5, 5.41) is 11.8. The fourth-order valence-corrected chi connectivity index (χ4v) is 3.18. The van der Waals surface area contributed by atoms with E-state index in [1.807, 2.05) is 0 Å². The zero-order valence-corrected chi connectivity index (χ0v) is 15.5. The lowest BCUT2D eigenvalue weighted by Gasteiger charge is -2.13. The van der Waals surface area contributed by atoms with Crippen molar-refractivity contribution in [3.8, 4) is 5.75 Å². The summed E-state index contributed by atoms with van der Waals surface area (Å²) in [6.07, 6.45) is 2.14. The molecule has 2 aromatic rings. The van der Waals surface area contributed by atoms with Crippen molar-refractivity contribution in [3.63, 3.8) is 0 Å². The van der Waals surface area contributed by atoms with Crippen molar-refractivity contribution in [1.29, 1.82) is 0 Å². The number of hydrogen-bond donors (Lipinski definition) is 2. The number of ether oxygens (including phenoxy) is 2. The molecule has 2 aromatic carbocycles. The molecule has 1 aliphatic heterocycles. The van der Waals surface area contributed by atoms with Gasteiger partial charge in [0.15, 0.2) is 0 Å². The molecule has 6 nitrogen and oxygen atoms in total. The van der Waals surface area contributed by atoms with E-state index >= 15 is 0 Å². The third-order valence-corrected chi connectivity index (χ3v) is 4.67. The molecule has 1 unspecified atom stereocenters. The largest absolute Gasteiger partial charge is 0.490 e. The zero-order chi connectivity index (χ0) is 18.5. The Hall–Kier alpha value is -2.38. The molecule has 26 heavy (non-hydrogen) atoms. The number of amides is 1. The lowest BCUT2D eigenvalue weighted by molar-refractivity contribution is 0.0676. The molecule has 1 heterocycles. The highest BCUT2D eigenvalue weighted by molar-refractivity contribution is 9.10. The van der Waals surface area contributed by atoms with Crippen LogP contribution in [-0.4, -0.2) is 36.3 Å². The Morgan fingerprint density at radius 2 is 2.08 bits per heavy atom. The van der Waals surface area contributed by atoms with Crippen LogP contribution < -0.4 is 10.1 Å². The lowest BCUT2D eigenvalue weighted by atomic mass is 10.1. The number of carbonyl (C=O) groups excluding carboxylic acids is 1. The molecule has 0 spiro atoms. The topological polar surface area (TPSA) is 84.9 Å². The van der Waals surface area contributed by atoms with Gasteiger partial charge in [0.2, 0.25) is 0 Å². The van der Waals surface area contributed by atoms with Crippen molar-refractivity contribution < 1.29 is 24.2 Å². The van der Waals surface area contributed by atoms with Gasteiger partial charge in [-0.25, -0.2) is 4.79 Å². The van der Waals surface area contributed by atoms with Gasteiger partial charge in [-0.2, -0.15) is 0 Å². The standard InChI is InChI=1S/C19H18BrNO5/c20-15-10-12(7-8-17(15)26-11-13-4-3-9-25-13)18(22)21-16-6-2-1-5-14(16)19(23)24/h1-2,5-8,10,13H,3-4,9,11H2,(H,21,22)(H,23,24). The molecule has 0 aromatic heterocycles. The quantitative estimate of drug-likeness (QED) is 0.739. The van der Waals surface area contributed by atoms with Crippen molar-refractivity contribution in [2.75, 3.05) is 18.5 Å². The normalized spacial score (nSPS) is 16.3. The predicted molar refractivity (Wildman–Crippen MR) is 100.0 cm³/mol. The molecule has 1 amide bonds. The summed E-state index contributed by atoms with van der Waals surface area (Å²) in [5.74, 6) is -0.868. The number of carbonyl (C=O) groups is 2. The first kappa shape index (κ1) is 18.4. The van der Waals surface area contributed by atoms with E-state index in [4.69, 9.17) is 9.47 Å². The van der Waals surface area contributed by atoms with Crippen LogP contribution in [0.2, 0.25) is 0 Å². The number of rotatable bonds is 6. The van der Waals surface area contributed by atoms with Gasteiger partial charge in [-0.15, -0.1) is 0 Å². The van der Waals surface area contributed by atoms with Crippen molar-refractivity contribution >= 4 is 33.5 Å². The Labute approximate surface area is 159 Å². The summed E-state index contributed by atoms with van der Waals surface area (Å²) >= 11 is 3.41. The third kappa shape index (κ3) is 4.42. The fourth-order valence-electron chi connectivity index (χ4n) is 2.69. The molecule has 1 fully saturated rings. The molecule has 0 saturated carbocycles. The number of nitrogens with one attached hydrogen (secondary N) is 1. The SMILES string of the molecule is O=C(Nc1ccccc1C(=O)O)c1ccc(OCC2CCCO2)c(Br)c1. The molecule has 136 valence electrons. The number of hydrogen-bond acceptors (Lipinski definition) is 4. The highest BCUT2D eigenvalue weighted by Crippen LogP contribution is 2.27. The first-order valence-corrected chi connectivity index (χ1v) is 9.01. The molecular weight excluding hydrogens is 402 g/mol. The van der Waals surface area contributed by atoms with Crippen molar-refractivity contribution in [2.24, 2.45) is 0 Å². The Morgan fingerprint density at radius 3 is 2.77 bits per heavy atom. The number of benzene rings is 2. The number of anilines is 1. The smallest absolute Gasteiger partial charge is 0.337 e. The van der Waals surface area contributed by atoms with E-state index in [0.717, 1.165) is 19.4 Å². The minimum Gasteiger partial charge on any atom is -0.490 e. The number of carboxylic acid groups (broad SMARTS) is 1. The van der Waals surface area contributed by atoms with E-state index in [-0.39, 0.29) is 17.4 Å². The van der Waals surface area contributed by atoms with Crippen molar-refractivity contribution in [2.45, 2.75) is 18.9 Å². The van der Waals surface area contributed by atoms with E-state index in [2.05, 4.69) is 21.2 Å². The molecular formula is C19H18BrNO5. The second-order valence-electron chi connectivity index (χ2n) is 5.90. The highest BCUT2D eigenvalue weighted by Gasteiger charge is 2.18. The summed E-state index contributed by atoms with van der Waals surface area (Å²) in [6.45, 7) is 1.24. The van der Waals surface area contributed by atoms with Gasteiger partial charge in [-0.1, -0.05) is 12.1 Å². The number of carboxylic acids is 1. The zero-order valence-electron chi connectivity index (χ0n) is 13.9. The van der Waals surface area contributed by atoms with Crippen molar-refractivity contribution in [1.82, 2.24) is 0 Å². The molecule has 2 N–H and O–H groups in total. The molecule has 0 aliphatic carbocycles. The van der Waals surface area contributed by atoms with Crippen LogP contribution in [0.15, 0.2) is 46.9 Å². The molecule has 7 heteroatoms. The van der Waals surface area contributed by atoms with Crippen LogP contribution in [0.1, 0.15) is 33.6 Å². The number of aromatic carboxylic acids is 1. The molecule has 1 saturated heterocycles. The highest BCUT2D eigenvalue weighted by atomic mass is 79.9. The Kier molecular flexibility index (Phi) is 5.90. The van der Waals surface area contributed by atoms with Gasteiger partial charge in [0.1, 0.15) is 12.4 Å². The molecule has 0 bridgehead atoms. The number of halogens is 1. The minimum absolute atomic E-state index is 0.0384. The Balaban J connectivity index is 1.68. The van der Waals surface area contributed by atoms with E-state index < -0.39 is 11.9 Å². The van der Waals surface area contributed by atoms with Crippen molar-refractivity contribution in [3.05, 3.63) is 58.1 Å². The average molecular weight is 420 g/mol. The van der Waals surface area contributed by atoms with Crippen LogP contribution >= 0.6 is 15.9 Å². The molecule has 0 radical (unpaired) electrons. The van der Waals surface area contributed by atoms with Crippen LogP contribution in [0, 0.1) is 0 Å². The van der Waals surface area contributed by atoms with Crippen LogP contribution in [0.25, 0.3) is 0 Å². The maximum Gasteiger partial charge on any atom is 0.337 e. The Morgan fingerprint density at radius 1 is 1.27 bits per heavy atom. The van der Waals surface area contributed by atoms with Gasteiger partial charge in [-0.05, 0) is 59.1 Å². The van der Waals surface area contributed by atoms with E-state index in [0.29, 0.717) is 22.4 Å². The average Bonchev–Trinajstić information content (AvgIpc) is 3.14. The van der Waals surface area contributed by atoms with Crippen LogP contribution in [0.5, 0.6) is 5.75 Å². The van der Waals surface area contributed by atoms with Crippen LogP contribution in [0.4, 0.5) is 5.69 Å². The maximum absolute atomic E-state index is 12.4. The first-order valence-electron chi connectivity index (χ1n) is 8.22. The third-order valence-electron chi connectivity index (χ3n) is 4.05. The predicted octanol–water partition coefficient (Wildman–Crippen LogP) is 3.96. The first-order chi connectivity index (χ1) is 12.5. The van der Waals surface area contributed by atoms with E-state index in [1.54, 1.807) is 36.4 Å². The van der Waals surface area contributed by atoms with Gasteiger partial charge >= 0.3 is 5.97 Å². The monoisotopic (exact) mass is 419 g/mol. The molecule has 1 aliphatic rings. The Bertz CT molecular complexity index is 817. The molecule has 1 atom stereocenters. The van der Waals surface area contributed by atoms with Gasteiger partial charge < -0.3 is 19.9 Å². The second-order valence-corrected chi connectivity index (χ2v) is 6.75. The maximum atomic E-state index is 12.4. The molecule has 3 rings (SSSR count).